The van der Waals surface area contributed by atoms with Gasteiger partial charge in [0.2, 0.25) is 5.28 Å². The van der Waals surface area contributed by atoms with E-state index in [1.807, 2.05) is 36.4 Å². The van der Waals surface area contributed by atoms with Gasteiger partial charge >= 0.3 is 0 Å². The number of ether oxygens (including phenoxy) is 1. The Kier molecular flexibility index (Phi) is 6.25. The number of aromatic nitrogens is 3. The van der Waals surface area contributed by atoms with Gasteiger partial charge in [-0.05, 0) is 41.4 Å². The zero-order valence-electron chi connectivity index (χ0n) is 20.0. The second-order valence-corrected chi connectivity index (χ2v) is 16.1. The Bertz CT molecular complexity index is 1610. The molecule has 35 heavy (non-hydrogen) atoms. The van der Waals surface area contributed by atoms with Crippen LogP contribution in [0.3, 0.4) is 0 Å². The zero-order chi connectivity index (χ0) is 24.7. The van der Waals surface area contributed by atoms with Gasteiger partial charge in [-0.25, -0.2) is 9.37 Å². The molecule has 1 N–H and O–H groups in total. The van der Waals surface area contributed by atoms with Gasteiger partial charge in [0.1, 0.15) is 12.5 Å². The molecule has 0 fully saturated rings. The third kappa shape index (κ3) is 4.63. The van der Waals surface area contributed by atoms with Crippen LogP contribution in [0.4, 0.5) is 4.39 Å². The van der Waals surface area contributed by atoms with Gasteiger partial charge in [-0.1, -0.05) is 50.0 Å². The van der Waals surface area contributed by atoms with Crippen molar-refractivity contribution in [1.82, 2.24) is 14.5 Å². The minimum Gasteiger partial charge on any atom is -0.361 e. The first kappa shape index (κ1) is 23.7. The first-order valence-corrected chi connectivity index (χ1v) is 15.7. The van der Waals surface area contributed by atoms with E-state index in [1.54, 1.807) is 16.8 Å². The van der Waals surface area contributed by atoms with E-state index >= 15 is 4.39 Å². The van der Waals surface area contributed by atoms with Gasteiger partial charge in [-0.15, -0.1) is 0 Å². The van der Waals surface area contributed by atoms with Crippen molar-refractivity contribution in [2.75, 3.05) is 6.61 Å². The van der Waals surface area contributed by atoms with Gasteiger partial charge in [0.25, 0.3) is 5.56 Å². The summed E-state index contributed by atoms with van der Waals surface area (Å²) in [4.78, 5) is 21.3. The van der Waals surface area contributed by atoms with Crippen LogP contribution < -0.4 is 5.56 Å². The van der Waals surface area contributed by atoms with E-state index in [0.29, 0.717) is 51.2 Å². The first-order valence-electron chi connectivity index (χ1n) is 11.7. The number of hydrogen-bond acceptors (Lipinski definition) is 3. The highest BCUT2D eigenvalue weighted by atomic mass is 35.5. The lowest BCUT2D eigenvalue weighted by molar-refractivity contribution is 0.0851. The maximum Gasteiger partial charge on any atom is 0.261 e. The number of hydrogen-bond donors (Lipinski definition) is 1. The van der Waals surface area contributed by atoms with Crippen molar-refractivity contribution in [1.29, 1.82) is 0 Å². The van der Waals surface area contributed by atoms with Crippen LogP contribution in [0.2, 0.25) is 31.0 Å². The van der Waals surface area contributed by atoms with E-state index in [9.17, 15) is 4.79 Å². The van der Waals surface area contributed by atoms with Gasteiger partial charge in [0.15, 0.2) is 0 Å². The molecular formula is C27H27ClFN3O2Si. The third-order valence-electron chi connectivity index (χ3n) is 6.32. The summed E-state index contributed by atoms with van der Waals surface area (Å²) in [7, 11) is -1.25. The Morgan fingerprint density at radius 2 is 1.83 bits per heavy atom. The quantitative estimate of drug-likeness (QED) is 0.151. The summed E-state index contributed by atoms with van der Waals surface area (Å²) in [5.74, 6) is -0.357. The fourth-order valence-corrected chi connectivity index (χ4v) is 5.42. The molecule has 0 saturated heterocycles. The summed E-state index contributed by atoms with van der Waals surface area (Å²) in [6, 6.07) is 15.7. The molecule has 0 amide bonds. The number of fused-ring (bicyclic) bond motifs is 6. The van der Waals surface area contributed by atoms with E-state index in [1.165, 1.54) is 6.07 Å². The largest absolute Gasteiger partial charge is 0.361 e. The summed E-state index contributed by atoms with van der Waals surface area (Å²) in [5, 5.41) is 2.59. The maximum absolute atomic E-state index is 15.3. The maximum atomic E-state index is 15.3. The summed E-state index contributed by atoms with van der Waals surface area (Å²) in [5.41, 5.74) is 2.48. The number of nitrogens with zero attached hydrogens (tertiary/aromatic N) is 2. The van der Waals surface area contributed by atoms with Crippen molar-refractivity contribution in [3.63, 3.8) is 0 Å². The lowest BCUT2D eigenvalue weighted by Crippen LogP contribution is -2.25. The van der Waals surface area contributed by atoms with Crippen molar-refractivity contribution < 1.29 is 9.13 Å². The second-order valence-electron chi connectivity index (χ2n) is 10.1. The Morgan fingerprint density at radius 3 is 2.57 bits per heavy atom. The Hall–Kier alpha value is -3.00. The van der Waals surface area contributed by atoms with E-state index in [2.05, 4.69) is 29.6 Å². The molecule has 5 rings (SSSR count). The highest BCUT2D eigenvalue weighted by Gasteiger charge is 2.21. The minimum absolute atomic E-state index is 0.145. The number of halogens is 2. The van der Waals surface area contributed by atoms with Crippen LogP contribution >= 0.6 is 11.6 Å². The normalized spacial score (nSPS) is 12.3. The van der Waals surface area contributed by atoms with Crippen LogP contribution in [0.5, 0.6) is 0 Å². The van der Waals surface area contributed by atoms with Gasteiger partial charge in [0.05, 0.1) is 16.4 Å². The molecule has 2 heterocycles. The molecule has 5 nitrogen and oxygen atoms in total. The molecule has 180 valence electrons. The van der Waals surface area contributed by atoms with Crippen LogP contribution in [0.25, 0.3) is 32.6 Å². The van der Waals surface area contributed by atoms with Gasteiger partial charge < -0.3 is 9.72 Å². The van der Waals surface area contributed by atoms with Crippen molar-refractivity contribution >= 4 is 52.3 Å². The van der Waals surface area contributed by atoms with Gasteiger partial charge in [0, 0.05) is 49.0 Å². The molecule has 5 aromatic rings. The molecule has 0 unspecified atom stereocenters. The molecule has 0 saturated carbocycles. The Morgan fingerprint density at radius 1 is 1.06 bits per heavy atom. The Labute approximate surface area is 208 Å². The van der Waals surface area contributed by atoms with Crippen molar-refractivity contribution in [2.45, 2.75) is 38.8 Å². The summed E-state index contributed by atoms with van der Waals surface area (Å²) >= 11 is 6.24. The van der Waals surface area contributed by atoms with Crippen LogP contribution in [0.1, 0.15) is 11.1 Å². The topological polar surface area (TPSA) is 59.9 Å². The molecule has 3 aromatic carbocycles. The predicted octanol–water partition coefficient (Wildman–Crippen LogP) is 6.73. The van der Waals surface area contributed by atoms with Gasteiger partial charge in [-0.2, -0.15) is 0 Å². The fourth-order valence-electron chi connectivity index (χ4n) is 4.48. The number of aromatic amines is 1. The summed E-state index contributed by atoms with van der Waals surface area (Å²) in [6.45, 7) is 7.60. The number of imidazole rings is 1. The minimum atomic E-state index is -1.25. The predicted molar refractivity (Wildman–Crippen MR) is 144 cm³/mol. The smallest absolute Gasteiger partial charge is 0.261 e. The number of pyridine rings is 1. The van der Waals surface area contributed by atoms with E-state index in [-0.39, 0.29) is 23.4 Å². The molecule has 0 aliphatic heterocycles. The lowest BCUT2D eigenvalue weighted by Gasteiger charge is -2.16. The molecule has 0 aliphatic rings. The zero-order valence-corrected chi connectivity index (χ0v) is 21.7. The van der Waals surface area contributed by atoms with Crippen LogP contribution in [0.15, 0.2) is 59.5 Å². The lowest BCUT2D eigenvalue weighted by atomic mass is 9.93. The molecule has 0 aliphatic carbocycles. The number of H-pyrrole nitrogens is 1. The van der Waals surface area contributed by atoms with E-state index in [0.717, 1.165) is 11.6 Å². The van der Waals surface area contributed by atoms with Crippen LogP contribution in [-0.4, -0.2) is 29.2 Å². The average molecular weight is 508 g/mol. The fraction of sp³-hybridized carbons (Fsp3) is 0.259. The number of nitrogens with one attached hydrogen (secondary N) is 1. The molecule has 0 radical (unpaired) electrons. The van der Waals surface area contributed by atoms with Crippen LogP contribution in [-0.2, 0) is 17.9 Å². The molecule has 0 atom stereocenters. The summed E-state index contributed by atoms with van der Waals surface area (Å²) in [6.07, 6.45) is 2.07. The van der Waals surface area contributed by atoms with Crippen molar-refractivity contribution in [3.05, 3.63) is 87.3 Å². The molecule has 0 bridgehead atoms. The highest BCUT2D eigenvalue weighted by Crippen LogP contribution is 2.36. The molecule has 0 spiro atoms. The first-order chi connectivity index (χ1) is 16.7. The summed E-state index contributed by atoms with van der Waals surface area (Å²) < 4.78 is 22.8. The third-order valence-corrected chi connectivity index (χ3v) is 8.20. The monoisotopic (exact) mass is 507 g/mol. The van der Waals surface area contributed by atoms with Crippen LogP contribution in [0, 0.1) is 5.82 Å². The molecule has 2 aromatic heterocycles. The van der Waals surface area contributed by atoms with Gasteiger partial charge in [-0.3, -0.25) is 9.36 Å². The highest BCUT2D eigenvalue weighted by molar-refractivity contribution is 6.76. The standard InChI is InChI=1S/C27H27ClFN3O2Si/c1-35(2,3)14-13-34-16-32-12-11-19-23(26(32)33)22-18(24-25(19)31-27(28)30-24)9-10-21(29)20(22)15-17-7-5-4-6-8-17/h4-12H,13-16H2,1-3H3,(H,30,31). The number of benzene rings is 3. The average Bonchev–Trinajstić information content (AvgIpc) is 3.21. The molecule has 8 heteroatoms. The molecular weight excluding hydrogens is 481 g/mol. The van der Waals surface area contributed by atoms with Crippen molar-refractivity contribution in [3.8, 4) is 0 Å². The van der Waals surface area contributed by atoms with E-state index < -0.39 is 8.07 Å². The van der Waals surface area contributed by atoms with E-state index in [4.69, 9.17) is 16.3 Å². The Balaban J connectivity index is 1.74. The number of rotatable bonds is 7. The van der Waals surface area contributed by atoms with Crippen molar-refractivity contribution in [2.24, 2.45) is 0 Å². The SMILES string of the molecule is C[Si](C)(C)CCOCn1ccc2c3[nH]c(Cl)nc3c3ccc(F)c(Cc4ccccc4)c3c2c1=O. The second kappa shape index (κ2) is 9.22.